The van der Waals surface area contributed by atoms with E-state index < -0.39 is 0 Å². The molecule has 0 bridgehead atoms. The maximum atomic E-state index is 13.3. The Hall–Kier alpha value is -2.85. The first-order valence-electron chi connectivity index (χ1n) is 8.21. The van der Waals surface area contributed by atoms with E-state index in [1.54, 1.807) is 23.9 Å². The molecule has 128 valence electrons. The number of thioether (sulfide) groups is 1. The van der Waals surface area contributed by atoms with Gasteiger partial charge in [-0.25, -0.2) is 9.37 Å². The van der Waals surface area contributed by atoms with E-state index in [2.05, 4.69) is 12.1 Å². The second kappa shape index (κ2) is 7.18. The summed E-state index contributed by atoms with van der Waals surface area (Å²) < 4.78 is 19.4. The lowest BCUT2D eigenvalue weighted by Crippen LogP contribution is -1.84. The van der Waals surface area contributed by atoms with Crippen LogP contribution in [-0.4, -0.2) is 11.2 Å². The monoisotopic (exact) mass is 361 g/mol. The molecular formula is C22H16FNOS. The van der Waals surface area contributed by atoms with E-state index in [4.69, 9.17) is 9.40 Å². The molecule has 3 aromatic carbocycles. The van der Waals surface area contributed by atoms with Crippen LogP contribution in [0.25, 0.3) is 34.0 Å². The molecule has 2 nitrogen and oxygen atoms in total. The molecule has 0 fully saturated rings. The highest BCUT2D eigenvalue weighted by atomic mass is 32.2. The summed E-state index contributed by atoms with van der Waals surface area (Å²) in [5.74, 6) is 0.914. The minimum atomic E-state index is -0.276. The average Bonchev–Trinajstić information content (AvgIpc) is 3.15. The Bertz CT molecular complexity index is 1010. The number of nitrogens with zero attached hydrogens (tertiary/aromatic N) is 1. The third kappa shape index (κ3) is 3.28. The van der Waals surface area contributed by atoms with Gasteiger partial charge in [0, 0.05) is 21.6 Å². The zero-order valence-electron chi connectivity index (χ0n) is 14.1. The predicted octanol–water partition coefficient (Wildman–Crippen LogP) is 6.54. The van der Waals surface area contributed by atoms with Crippen LogP contribution in [0.3, 0.4) is 0 Å². The molecule has 4 aromatic rings. The lowest BCUT2D eigenvalue weighted by molar-refractivity contribution is 0.588. The summed E-state index contributed by atoms with van der Waals surface area (Å²) >= 11 is 1.69. The number of halogens is 1. The molecule has 4 rings (SSSR count). The molecule has 0 spiro atoms. The molecular weight excluding hydrogens is 345 g/mol. The molecule has 0 aliphatic carbocycles. The number of aromatic nitrogens is 1. The zero-order valence-corrected chi connectivity index (χ0v) is 15.0. The van der Waals surface area contributed by atoms with E-state index >= 15 is 0 Å². The highest BCUT2D eigenvalue weighted by Gasteiger charge is 2.18. The van der Waals surface area contributed by atoms with Crippen LogP contribution in [0.5, 0.6) is 0 Å². The van der Waals surface area contributed by atoms with Gasteiger partial charge < -0.3 is 4.42 Å². The summed E-state index contributed by atoms with van der Waals surface area (Å²) in [6.07, 6.45) is 2.04. The Labute approximate surface area is 155 Å². The second-order valence-corrected chi connectivity index (χ2v) is 6.68. The van der Waals surface area contributed by atoms with Gasteiger partial charge in [0.15, 0.2) is 5.76 Å². The number of hydrogen-bond acceptors (Lipinski definition) is 3. The normalized spacial score (nSPS) is 10.8. The maximum Gasteiger partial charge on any atom is 0.227 e. The fourth-order valence-electron chi connectivity index (χ4n) is 2.77. The van der Waals surface area contributed by atoms with Crippen LogP contribution < -0.4 is 0 Å². The van der Waals surface area contributed by atoms with Crippen LogP contribution in [-0.2, 0) is 0 Å². The lowest BCUT2D eigenvalue weighted by Gasteiger charge is -2.03. The highest BCUT2D eigenvalue weighted by molar-refractivity contribution is 7.98. The van der Waals surface area contributed by atoms with Gasteiger partial charge in [0.2, 0.25) is 5.89 Å². The maximum absolute atomic E-state index is 13.3. The van der Waals surface area contributed by atoms with Crippen molar-refractivity contribution < 1.29 is 8.81 Å². The van der Waals surface area contributed by atoms with Crippen LogP contribution >= 0.6 is 11.8 Å². The topological polar surface area (TPSA) is 26.0 Å². The molecule has 0 aliphatic rings. The van der Waals surface area contributed by atoms with Gasteiger partial charge in [-0.1, -0.05) is 30.3 Å². The van der Waals surface area contributed by atoms with Gasteiger partial charge >= 0.3 is 0 Å². The number of benzene rings is 3. The number of rotatable bonds is 4. The van der Waals surface area contributed by atoms with Crippen molar-refractivity contribution >= 4 is 11.8 Å². The second-order valence-electron chi connectivity index (χ2n) is 5.80. The third-order valence-electron chi connectivity index (χ3n) is 4.12. The number of hydrogen-bond donors (Lipinski definition) is 0. The fraction of sp³-hybridized carbons (Fsp3) is 0.0455. The van der Waals surface area contributed by atoms with Crippen molar-refractivity contribution in [1.82, 2.24) is 4.98 Å². The standard InChI is InChI=1S/C22H16FNOS/c1-26-19-13-9-15(10-14-19)20-21(16-7-11-18(23)12-8-16)25-22(24-20)17-5-3-2-4-6-17/h2-14H,1H3. The van der Waals surface area contributed by atoms with E-state index in [9.17, 15) is 4.39 Å². The Morgan fingerprint density at radius 2 is 1.42 bits per heavy atom. The van der Waals surface area contributed by atoms with Crippen molar-refractivity contribution in [3.05, 3.63) is 84.7 Å². The Kier molecular flexibility index (Phi) is 4.59. The highest BCUT2D eigenvalue weighted by Crippen LogP contribution is 2.36. The van der Waals surface area contributed by atoms with Crippen molar-refractivity contribution in [3.8, 4) is 34.0 Å². The van der Waals surface area contributed by atoms with Crippen LogP contribution in [0, 0.1) is 5.82 Å². The molecule has 4 heteroatoms. The largest absolute Gasteiger partial charge is 0.435 e. The van der Waals surface area contributed by atoms with E-state index in [0.29, 0.717) is 11.7 Å². The molecule has 26 heavy (non-hydrogen) atoms. The third-order valence-corrected chi connectivity index (χ3v) is 4.86. The first-order valence-corrected chi connectivity index (χ1v) is 9.43. The van der Waals surface area contributed by atoms with Crippen molar-refractivity contribution in [2.24, 2.45) is 0 Å². The molecule has 0 unspecified atom stereocenters. The van der Waals surface area contributed by atoms with Gasteiger partial charge in [0.05, 0.1) is 0 Å². The molecule has 0 amide bonds. The molecule has 0 atom stereocenters. The van der Waals surface area contributed by atoms with E-state index in [-0.39, 0.29) is 5.82 Å². The van der Waals surface area contributed by atoms with E-state index in [0.717, 1.165) is 22.4 Å². The van der Waals surface area contributed by atoms with Gasteiger partial charge in [0.1, 0.15) is 11.5 Å². The van der Waals surface area contributed by atoms with Crippen molar-refractivity contribution in [3.63, 3.8) is 0 Å². The SMILES string of the molecule is CSc1ccc(-c2nc(-c3ccccc3)oc2-c2ccc(F)cc2)cc1. The molecule has 1 heterocycles. The van der Waals surface area contributed by atoms with Gasteiger partial charge in [0.25, 0.3) is 0 Å². The Balaban J connectivity index is 1.87. The molecule has 0 radical (unpaired) electrons. The average molecular weight is 361 g/mol. The molecule has 0 saturated carbocycles. The van der Waals surface area contributed by atoms with Gasteiger partial charge in [-0.3, -0.25) is 0 Å². The summed E-state index contributed by atoms with van der Waals surface area (Å²) in [5, 5.41) is 0. The van der Waals surface area contributed by atoms with Crippen LogP contribution in [0.1, 0.15) is 0 Å². The lowest BCUT2D eigenvalue weighted by atomic mass is 10.1. The summed E-state index contributed by atoms with van der Waals surface area (Å²) in [6.45, 7) is 0. The minimum absolute atomic E-state index is 0.276. The molecule has 0 saturated heterocycles. The van der Waals surface area contributed by atoms with Crippen LogP contribution in [0.15, 0.2) is 88.2 Å². The summed E-state index contributed by atoms with van der Waals surface area (Å²) in [6, 6.07) is 24.2. The van der Waals surface area contributed by atoms with Crippen LogP contribution in [0.4, 0.5) is 4.39 Å². The van der Waals surface area contributed by atoms with E-state index in [1.165, 1.54) is 17.0 Å². The molecule has 1 aromatic heterocycles. The first-order chi connectivity index (χ1) is 12.7. The summed E-state index contributed by atoms with van der Waals surface area (Å²) in [5.41, 5.74) is 3.42. The Morgan fingerprint density at radius 1 is 0.769 bits per heavy atom. The van der Waals surface area contributed by atoms with E-state index in [1.807, 2.05) is 48.7 Å². The minimum Gasteiger partial charge on any atom is -0.435 e. The Morgan fingerprint density at radius 3 is 2.08 bits per heavy atom. The van der Waals surface area contributed by atoms with Crippen molar-refractivity contribution in [1.29, 1.82) is 0 Å². The van der Waals surface area contributed by atoms with Crippen LogP contribution in [0.2, 0.25) is 0 Å². The van der Waals surface area contributed by atoms with Gasteiger partial charge in [-0.15, -0.1) is 11.8 Å². The van der Waals surface area contributed by atoms with Gasteiger partial charge in [-0.05, 0) is 54.8 Å². The molecule has 0 aliphatic heterocycles. The predicted molar refractivity (Wildman–Crippen MR) is 105 cm³/mol. The van der Waals surface area contributed by atoms with Crippen molar-refractivity contribution in [2.75, 3.05) is 6.26 Å². The zero-order chi connectivity index (χ0) is 17.9. The van der Waals surface area contributed by atoms with Crippen molar-refractivity contribution in [2.45, 2.75) is 4.90 Å². The fourth-order valence-corrected chi connectivity index (χ4v) is 3.17. The molecule has 0 N–H and O–H groups in total. The summed E-state index contributed by atoms with van der Waals surface area (Å²) in [7, 11) is 0. The smallest absolute Gasteiger partial charge is 0.227 e. The number of oxazole rings is 1. The summed E-state index contributed by atoms with van der Waals surface area (Å²) in [4.78, 5) is 5.92. The first kappa shape index (κ1) is 16.6. The quantitative estimate of drug-likeness (QED) is 0.386. The van der Waals surface area contributed by atoms with Gasteiger partial charge in [-0.2, -0.15) is 0 Å².